The molecule has 1 N–H and O–H groups in total. The van der Waals surface area contributed by atoms with Gasteiger partial charge < -0.3 is 15.1 Å². The minimum Gasteiger partial charge on any atom is -0.353 e. The number of carbonyl (C=O) groups excluding carboxylic acids is 1. The number of anilines is 2. The zero-order valence-electron chi connectivity index (χ0n) is 14.8. The lowest BCUT2D eigenvalue weighted by Crippen LogP contribution is -2.46. The highest BCUT2D eigenvalue weighted by Crippen LogP contribution is 2.30. The van der Waals surface area contributed by atoms with Crippen molar-refractivity contribution in [1.29, 1.82) is 0 Å². The molecule has 0 atom stereocenters. The van der Waals surface area contributed by atoms with Crippen LogP contribution in [0, 0.1) is 0 Å². The summed E-state index contributed by atoms with van der Waals surface area (Å²) >= 11 is 0. The van der Waals surface area contributed by atoms with Crippen LogP contribution in [0.2, 0.25) is 0 Å². The molecule has 1 aromatic carbocycles. The predicted octanol–water partition coefficient (Wildman–Crippen LogP) is 2.89. The van der Waals surface area contributed by atoms with Crippen LogP contribution in [-0.2, 0) is 6.18 Å². The first kappa shape index (κ1) is 19.1. The third-order valence-electron chi connectivity index (χ3n) is 4.46. The van der Waals surface area contributed by atoms with E-state index in [1.807, 2.05) is 0 Å². The molecule has 2 aromatic rings. The number of piperazine rings is 1. The van der Waals surface area contributed by atoms with Gasteiger partial charge in [0.05, 0.1) is 18.0 Å². The lowest BCUT2D eigenvalue weighted by atomic mass is 10.2. The number of hydrogen-bond donors (Lipinski definition) is 1. The molecule has 1 aliphatic rings. The molecule has 1 fully saturated rings. The average Bonchev–Trinajstić information content (AvgIpc) is 2.68. The van der Waals surface area contributed by atoms with E-state index < -0.39 is 17.6 Å². The highest BCUT2D eigenvalue weighted by atomic mass is 19.4. The van der Waals surface area contributed by atoms with Gasteiger partial charge in [-0.25, -0.2) is 9.97 Å². The van der Waals surface area contributed by atoms with Gasteiger partial charge in [0.15, 0.2) is 0 Å². The van der Waals surface area contributed by atoms with Crippen molar-refractivity contribution in [2.75, 3.05) is 42.9 Å². The van der Waals surface area contributed by atoms with Crippen LogP contribution in [0.15, 0.2) is 36.7 Å². The standard InChI is InChI=1S/C18H20F3N5O/c1-2-25-6-8-26(9-7-25)16-12-22-15(11-23-16)17(27)24-14-5-3-4-13(10-14)18(19,20)21/h3-5,10-12H,2,6-9H2,1H3,(H,24,27). The average molecular weight is 379 g/mol. The number of aromatic nitrogens is 2. The van der Waals surface area contributed by atoms with Gasteiger partial charge in [-0.1, -0.05) is 13.0 Å². The molecule has 0 aliphatic carbocycles. The van der Waals surface area contributed by atoms with E-state index in [9.17, 15) is 18.0 Å². The minimum atomic E-state index is -4.47. The first-order valence-electron chi connectivity index (χ1n) is 8.65. The fourth-order valence-electron chi connectivity index (χ4n) is 2.86. The third-order valence-corrected chi connectivity index (χ3v) is 4.46. The molecule has 0 unspecified atom stereocenters. The van der Waals surface area contributed by atoms with E-state index >= 15 is 0 Å². The summed E-state index contributed by atoms with van der Waals surface area (Å²) in [5, 5.41) is 2.42. The normalized spacial score (nSPS) is 15.6. The molecule has 1 saturated heterocycles. The molecular formula is C18H20F3N5O. The van der Waals surface area contributed by atoms with Crippen LogP contribution in [0.5, 0.6) is 0 Å². The molecule has 0 saturated carbocycles. The van der Waals surface area contributed by atoms with Crippen molar-refractivity contribution in [3.05, 3.63) is 47.9 Å². The molecule has 0 spiro atoms. The van der Waals surface area contributed by atoms with E-state index in [0.717, 1.165) is 44.9 Å². The van der Waals surface area contributed by atoms with Crippen molar-refractivity contribution in [2.24, 2.45) is 0 Å². The Labute approximate surface area is 155 Å². The number of rotatable bonds is 4. The lowest BCUT2D eigenvalue weighted by Gasteiger charge is -2.34. The molecule has 1 aliphatic heterocycles. The molecule has 0 bridgehead atoms. The summed E-state index contributed by atoms with van der Waals surface area (Å²) in [6.07, 6.45) is -1.61. The van der Waals surface area contributed by atoms with E-state index in [-0.39, 0.29) is 11.4 Å². The van der Waals surface area contributed by atoms with Crippen molar-refractivity contribution in [1.82, 2.24) is 14.9 Å². The van der Waals surface area contributed by atoms with Gasteiger partial charge in [-0.05, 0) is 24.7 Å². The number of hydrogen-bond acceptors (Lipinski definition) is 5. The zero-order chi connectivity index (χ0) is 19.4. The van der Waals surface area contributed by atoms with Crippen LogP contribution >= 0.6 is 0 Å². The highest BCUT2D eigenvalue weighted by molar-refractivity contribution is 6.02. The molecule has 1 amide bonds. The number of halogens is 3. The van der Waals surface area contributed by atoms with Crippen LogP contribution < -0.4 is 10.2 Å². The van der Waals surface area contributed by atoms with Gasteiger partial charge in [-0.3, -0.25) is 4.79 Å². The van der Waals surface area contributed by atoms with E-state index in [2.05, 4.69) is 32.0 Å². The zero-order valence-corrected chi connectivity index (χ0v) is 14.8. The second kappa shape index (κ2) is 7.91. The lowest BCUT2D eigenvalue weighted by molar-refractivity contribution is -0.137. The van der Waals surface area contributed by atoms with E-state index in [1.165, 1.54) is 24.5 Å². The van der Waals surface area contributed by atoms with Crippen molar-refractivity contribution in [3.63, 3.8) is 0 Å². The van der Waals surface area contributed by atoms with Gasteiger partial charge in [-0.15, -0.1) is 0 Å². The van der Waals surface area contributed by atoms with Gasteiger partial charge >= 0.3 is 6.18 Å². The second-order valence-electron chi connectivity index (χ2n) is 6.21. The third kappa shape index (κ3) is 4.73. The summed E-state index contributed by atoms with van der Waals surface area (Å²) in [5.41, 5.74) is -0.729. The number of nitrogens with zero attached hydrogens (tertiary/aromatic N) is 4. The Bertz CT molecular complexity index is 786. The summed E-state index contributed by atoms with van der Waals surface area (Å²) in [4.78, 5) is 25.0. The first-order chi connectivity index (χ1) is 12.9. The van der Waals surface area contributed by atoms with Crippen LogP contribution in [0.25, 0.3) is 0 Å². The monoisotopic (exact) mass is 379 g/mol. The van der Waals surface area contributed by atoms with Gasteiger partial charge in [-0.2, -0.15) is 13.2 Å². The fraction of sp³-hybridized carbons (Fsp3) is 0.389. The molecule has 1 aromatic heterocycles. The largest absolute Gasteiger partial charge is 0.416 e. The molecule has 2 heterocycles. The van der Waals surface area contributed by atoms with E-state index in [4.69, 9.17) is 0 Å². The predicted molar refractivity (Wildman–Crippen MR) is 95.8 cm³/mol. The van der Waals surface area contributed by atoms with Crippen molar-refractivity contribution < 1.29 is 18.0 Å². The number of likely N-dealkylation sites (N-methyl/N-ethyl adjacent to an activating group) is 1. The Morgan fingerprint density at radius 3 is 2.48 bits per heavy atom. The van der Waals surface area contributed by atoms with Crippen LogP contribution in [0.4, 0.5) is 24.7 Å². The van der Waals surface area contributed by atoms with Crippen molar-refractivity contribution in [3.8, 4) is 0 Å². The van der Waals surface area contributed by atoms with Crippen LogP contribution in [-0.4, -0.2) is 53.5 Å². The van der Waals surface area contributed by atoms with Gasteiger partial charge in [0.25, 0.3) is 5.91 Å². The SMILES string of the molecule is CCN1CCN(c2cnc(C(=O)Nc3cccc(C(F)(F)F)c3)cn2)CC1. The molecule has 3 rings (SSSR count). The summed E-state index contributed by atoms with van der Waals surface area (Å²) in [7, 11) is 0. The first-order valence-corrected chi connectivity index (χ1v) is 8.65. The van der Waals surface area contributed by atoms with Crippen LogP contribution in [0.3, 0.4) is 0 Å². The Kier molecular flexibility index (Phi) is 5.59. The van der Waals surface area contributed by atoms with Gasteiger partial charge in [0, 0.05) is 31.9 Å². The smallest absolute Gasteiger partial charge is 0.353 e. The summed E-state index contributed by atoms with van der Waals surface area (Å²) in [6, 6.07) is 4.46. The Balaban J connectivity index is 1.64. The maximum atomic E-state index is 12.8. The molecule has 9 heteroatoms. The molecule has 6 nitrogen and oxygen atoms in total. The molecule has 144 valence electrons. The number of alkyl halides is 3. The summed E-state index contributed by atoms with van der Waals surface area (Å²) < 4.78 is 38.3. The Morgan fingerprint density at radius 1 is 1.15 bits per heavy atom. The van der Waals surface area contributed by atoms with Gasteiger partial charge in [0.1, 0.15) is 11.5 Å². The summed E-state index contributed by atoms with van der Waals surface area (Å²) in [6.45, 7) is 6.67. The highest BCUT2D eigenvalue weighted by Gasteiger charge is 2.30. The van der Waals surface area contributed by atoms with E-state index in [1.54, 1.807) is 0 Å². The molecule has 0 radical (unpaired) electrons. The van der Waals surface area contributed by atoms with Gasteiger partial charge in [0.2, 0.25) is 0 Å². The summed E-state index contributed by atoms with van der Waals surface area (Å²) in [5.74, 6) is 0.0746. The number of amides is 1. The van der Waals surface area contributed by atoms with Crippen molar-refractivity contribution in [2.45, 2.75) is 13.1 Å². The Hall–Kier alpha value is -2.68. The topological polar surface area (TPSA) is 61.4 Å². The van der Waals surface area contributed by atoms with Crippen molar-refractivity contribution >= 4 is 17.4 Å². The maximum absolute atomic E-state index is 12.8. The Morgan fingerprint density at radius 2 is 1.89 bits per heavy atom. The number of carbonyl (C=O) groups is 1. The fourth-order valence-corrected chi connectivity index (χ4v) is 2.86. The molecular weight excluding hydrogens is 359 g/mol. The van der Waals surface area contributed by atoms with Crippen LogP contribution in [0.1, 0.15) is 23.0 Å². The number of nitrogens with one attached hydrogen (secondary N) is 1. The quantitative estimate of drug-likeness (QED) is 0.885. The maximum Gasteiger partial charge on any atom is 0.416 e. The second-order valence-corrected chi connectivity index (χ2v) is 6.21. The number of benzene rings is 1. The van der Waals surface area contributed by atoms with E-state index in [0.29, 0.717) is 5.82 Å². The molecule has 27 heavy (non-hydrogen) atoms. The minimum absolute atomic E-state index is 0.0448.